The Hall–Kier alpha value is -2.08. The Morgan fingerprint density at radius 2 is 1.93 bits per heavy atom. The van der Waals surface area contributed by atoms with E-state index in [1.165, 1.54) is 6.42 Å². The molecule has 1 heterocycles. The number of aliphatic imine (C=N–C) groups is 1. The summed E-state index contributed by atoms with van der Waals surface area (Å²) in [5, 5.41) is 9.75. The van der Waals surface area contributed by atoms with Crippen molar-refractivity contribution < 1.29 is 9.53 Å². The van der Waals surface area contributed by atoms with Crippen LogP contribution < -0.4 is 16.0 Å². The quantitative estimate of drug-likeness (QED) is 0.477. The van der Waals surface area contributed by atoms with Gasteiger partial charge >= 0.3 is 0 Å². The highest BCUT2D eigenvalue weighted by molar-refractivity contribution is 5.90. The zero-order chi connectivity index (χ0) is 21.3. The van der Waals surface area contributed by atoms with Crippen LogP contribution in [-0.2, 0) is 16.1 Å². The summed E-state index contributed by atoms with van der Waals surface area (Å²) in [7, 11) is 1.79. The van der Waals surface area contributed by atoms with E-state index in [0.29, 0.717) is 18.9 Å². The normalized spacial score (nSPS) is 20.2. The lowest BCUT2D eigenvalue weighted by Crippen LogP contribution is -2.47. The molecular weight excluding hydrogens is 364 g/mol. The first kappa shape index (κ1) is 23.2. The molecule has 1 aromatic rings. The molecule has 29 heavy (non-hydrogen) atoms. The van der Waals surface area contributed by atoms with Crippen molar-refractivity contribution in [1.29, 1.82) is 0 Å². The van der Waals surface area contributed by atoms with Gasteiger partial charge in [0.1, 0.15) is 0 Å². The van der Waals surface area contributed by atoms with Crippen molar-refractivity contribution in [2.75, 3.05) is 25.5 Å². The van der Waals surface area contributed by atoms with Gasteiger partial charge in [-0.1, -0.05) is 39.8 Å². The van der Waals surface area contributed by atoms with Crippen LogP contribution in [-0.4, -0.2) is 38.2 Å². The number of rotatable bonds is 7. The van der Waals surface area contributed by atoms with Crippen molar-refractivity contribution in [3.8, 4) is 0 Å². The van der Waals surface area contributed by atoms with Crippen LogP contribution in [0.15, 0.2) is 29.3 Å². The number of carbonyl (C=O) groups excluding carboxylic acids is 1. The number of hydrogen-bond acceptors (Lipinski definition) is 3. The molecular formula is C23H38N4O2. The predicted molar refractivity (Wildman–Crippen MR) is 120 cm³/mol. The number of benzene rings is 1. The smallest absolute Gasteiger partial charge is 0.224 e. The highest BCUT2D eigenvalue weighted by atomic mass is 16.5. The number of ether oxygens (including phenoxy) is 1. The fourth-order valence-corrected chi connectivity index (χ4v) is 3.80. The third-order valence-electron chi connectivity index (χ3n) is 5.23. The molecule has 0 radical (unpaired) electrons. The van der Waals surface area contributed by atoms with Crippen molar-refractivity contribution in [2.24, 2.45) is 16.3 Å². The fraction of sp³-hybridized carbons (Fsp3) is 0.652. The van der Waals surface area contributed by atoms with E-state index in [2.05, 4.69) is 41.7 Å². The summed E-state index contributed by atoms with van der Waals surface area (Å²) in [6.45, 7) is 11.1. The van der Waals surface area contributed by atoms with Gasteiger partial charge < -0.3 is 20.7 Å². The SMILES string of the molecule is CCCC(=O)Nc1ccc(CNC(=NC)NCC2CCCOC2C(C)(C)C)cc1. The van der Waals surface area contributed by atoms with Crippen molar-refractivity contribution in [3.63, 3.8) is 0 Å². The third kappa shape index (κ3) is 7.69. The molecule has 0 aromatic heterocycles. The minimum absolute atomic E-state index is 0.0585. The van der Waals surface area contributed by atoms with E-state index < -0.39 is 0 Å². The van der Waals surface area contributed by atoms with Crippen LogP contribution in [0, 0.1) is 11.3 Å². The molecule has 1 aliphatic heterocycles. The second-order valence-electron chi connectivity index (χ2n) is 8.86. The van der Waals surface area contributed by atoms with Gasteiger partial charge in [0.15, 0.2) is 5.96 Å². The molecule has 1 aromatic carbocycles. The maximum Gasteiger partial charge on any atom is 0.224 e. The number of amides is 1. The van der Waals surface area contributed by atoms with E-state index in [4.69, 9.17) is 4.74 Å². The second kappa shape index (κ2) is 11.2. The summed E-state index contributed by atoms with van der Waals surface area (Å²) >= 11 is 0. The van der Waals surface area contributed by atoms with Gasteiger partial charge in [0.25, 0.3) is 0 Å². The molecule has 0 saturated carbocycles. The fourth-order valence-electron chi connectivity index (χ4n) is 3.80. The molecule has 2 atom stereocenters. The first-order valence-electron chi connectivity index (χ1n) is 10.8. The number of anilines is 1. The van der Waals surface area contributed by atoms with Crippen LogP contribution >= 0.6 is 0 Å². The van der Waals surface area contributed by atoms with Gasteiger partial charge in [-0.2, -0.15) is 0 Å². The summed E-state index contributed by atoms with van der Waals surface area (Å²) in [6, 6.07) is 7.92. The minimum atomic E-state index is 0.0585. The molecule has 0 aliphatic carbocycles. The first-order valence-corrected chi connectivity index (χ1v) is 10.8. The molecule has 2 unspecified atom stereocenters. The van der Waals surface area contributed by atoms with E-state index in [-0.39, 0.29) is 17.4 Å². The van der Waals surface area contributed by atoms with E-state index >= 15 is 0 Å². The van der Waals surface area contributed by atoms with Crippen molar-refractivity contribution in [3.05, 3.63) is 29.8 Å². The summed E-state index contributed by atoms with van der Waals surface area (Å²) in [5.74, 6) is 1.33. The van der Waals surface area contributed by atoms with E-state index in [0.717, 1.165) is 43.2 Å². The van der Waals surface area contributed by atoms with Gasteiger partial charge in [-0.25, -0.2) is 0 Å². The van der Waals surface area contributed by atoms with E-state index in [1.54, 1.807) is 7.05 Å². The average Bonchev–Trinajstić information content (AvgIpc) is 2.69. The van der Waals surface area contributed by atoms with E-state index in [9.17, 15) is 4.79 Å². The molecule has 3 N–H and O–H groups in total. The topological polar surface area (TPSA) is 74.8 Å². The Balaban J connectivity index is 1.82. The zero-order valence-electron chi connectivity index (χ0n) is 18.7. The van der Waals surface area contributed by atoms with Crippen molar-refractivity contribution in [1.82, 2.24) is 10.6 Å². The molecule has 0 bridgehead atoms. The lowest BCUT2D eigenvalue weighted by molar-refractivity contribution is -0.116. The largest absolute Gasteiger partial charge is 0.377 e. The van der Waals surface area contributed by atoms with Gasteiger partial charge in [0, 0.05) is 44.8 Å². The number of carbonyl (C=O) groups is 1. The van der Waals surface area contributed by atoms with Crippen LogP contribution in [0.1, 0.15) is 58.9 Å². The molecule has 6 nitrogen and oxygen atoms in total. The standard InChI is InChI=1S/C23H38N4O2/c1-6-8-20(28)27-19-12-10-17(11-13-19)15-25-22(24-5)26-16-18-9-7-14-29-21(18)23(2,3)4/h10-13,18,21H,6-9,14-16H2,1-5H3,(H,27,28)(H2,24,25,26). The molecule has 1 aliphatic rings. The lowest BCUT2D eigenvalue weighted by atomic mass is 9.78. The molecule has 0 spiro atoms. The zero-order valence-corrected chi connectivity index (χ0v) is 18.7. The van der Waals surface area contributed by atoms with Gasteiger partial charge in [-0.15, -0.1) is 0 Å². The molecule has 6 heteroatoms. The highest BCUT2D eigenvalue weighted by Gasteiger charge is 2.35. The Labute approximate surface area is 175 Å². The van der Waals surface area contributed by atoms with Gasteiger partial charge in [-0.05, 0) is 42.4 Å². The van der Waals surface area contributed by atoms with Gasteiger partial charge in [0.2, 0.25) is 5.91 Å². The van der Waals surface area contributed by atoms with Crippen LogP contribution in [0.5, 0.6) is 0 Å². The maximum absolute atomic E-state index is 11.7. The summed E-state index contributed by atoms with van der Waals surface area (Å²) in [5.41, 5.74) is 2.10. The van der Waals surface area contributed by atoms with Crippen LogP contribution in [0.25, 0.3) is 0 Å². The molecule has 1 saturated heterocycles. The summed E-state index contributed by atoms with van der Waals surface area (Å²) < 4.78 is 6.07. The third-order valence-corrected chi connectivity index (χ3v) is 5.23. The average molecular weight is 403 g/mol. The van der Waals surface area contributed by atoms with Crippen molar-refractivity contribution in [2.45, 2.75) is 66.0 Å². The molecule has 1 amide bonds. The Kier molecular flexibility index (Phi) is 8.96. The lowest BCUT2D eigenvalue weighted by Gasteiger charge is -2.40. The highest BCUT2D eigenvalue weighted by Crippen LogP contribution is 2.33. The van der Waals surface area contributed by atoms with Crippen LogP contribution in [0.4, 0.5) is 5.69 Å². The monoisotopic (exact) mass is 402 g/mol. The Morgan fingerprint density at radius 1 is 1.21 bits per heavy atom. The van der Waals surface area contributed by atoms with Crippen LogP contribution in [0.2, 0.25) is 0 Å². The number of hydrogen-bond donors (Lipinski definition) is 3. The summed E-state index contributed by atoms with van der Waals surface area (Å²) in [4.78, 5) is 16.0. The van der Waals surface area contributed by atoms with E-state index in [1.807, 2.05) is 31.2 Å². The Bertz CT molecular complexity index is 664. The number of nitrogens with one attached hydrogen (secondary N) is 3. The van der Waals surface area contributed by atoms with Gasteiger partial charge in [0.05, 0.1) is 6.10 Å². The number of nitrogens with zero attached hydrogens (tertiary/aromatic N) is 1. The first-order chi connectivity index (χ1) is 13.8. The summed E-state index contributed by atoms with van der Waals surface area (Å²) in [6.07, 6.45) is 3.96. The molecule has 162 valence electrons. The number of guanidine groups is 1. The van der Waals surface area contributed by atoms with Crippen molar-refractivity contribution >= 4 is 17.6 Å². The maximum atomic E-state index is 11.7. The minimum Gasteiger partial charge on any atom is -0.377 e. The Morgan fingerprint density at radius 3 is 2.55 bits per heavy atom. The predicted octanol–water partition coefficient (Wildman–Crippen LogP) is 3.93. The second-order valence-corrected chi connectivity index (χ2v) is 8.86. The molecule has 2 rings (SSSR count). The van der Waals surface area contributed by atoms with Gasteiger partial charge in [-0.3, -0.25) is 9.79 Å². The molecule has 1 fully saturated rings. The van der Waals surface area contributed by atoms with Crippen LogP contribution in [0.3, 0.4) is 0 Å².